The molecule has 0 heterocycles. The predicted molar refractivity (Wildman–Crippen MR) is 135 cm³/mol. The monoisotopic (exact) mass is 480 g/mol. The van der Waals surface area contributed by atoms with Gasteiger partial charge in [-0.25, -0.2) is 4.79 Å². The molecule has 2 atom stereocenters. The molecule has 2 unspecified atom stereocenters. The quantitative estimate of drug-likeness (QED) is 0.446. The van der Waals surface area contributed by atoms with Crippen LogP contribution in [0.15, 0.2) is 48.5 Å². The molecule has 0 spiro atoms. The number of carboxylic acid groups (broad SMARTS) is 1. The lowest BCUT2D eigenvalue weighted by Crippen LogP contribution is -2.42. The lowest BCUT2D eigenvalue weighted by Gasteiger charge is -2.27. The Morgan fingerprint density at radius 1 is 1.00 bits per heavy atom. The molecule has 2 aromatic carbocycles. The van der Waals surface area contributed by atoms with E-state index in [1.54, 1.807) is 6.92 Å². The highest BCUT2D eigenvalue weighted by Gasteiger charge is 2.29. The summed E-state index contributed by atoms with van der Waals surface area (Å²) in [5.74, 6) is -1.54. The smallest absolute Gasteiger partial charge is 0.407 e. The fraction of sp³-hybridized carbons (Fsp3) is 0.464. The van der Waals surface area contributed by atoms with Crippen molar-refractivity contribution < 1.29 is 24.2 Å². The number of rotatable bonds is 10. The first kappa shape index (κ1) is 26.3. The lowest BCUT2D eigenvalue weighted by molar-refractivity contribution is -0.138. The zero-order valence-corrected chi connectivity index (χ0v) is 21.0. The fourth-order valence-corrected chi connectivity index (χ4v) is 4.64. The molecule has 0 fully saturated rings. The summed E-state index contributed by atoms with van der Waals surface area (Å²) < 4.78 is 5.53. The maximum atomic E-state index is 12.6. The first-order valence-electron chi connectivity index (χ1n) is 12.2. The summed E-state index contributed by atoms with van der Waals surface area (Å²) in [5.41, 5.74) is 4.53. The molecular weight excluding hydrogens is 444 g/mol. The van der Waals surface area contributed by atoms with Gasteiger partial charge in [-0.05, 0) is 40.5 Å². The van der Waals surface area contributed by atoms with Crippen molar-refractivity contribution >= 4 is 18.0 Å². The van der Waals surface area contributed by atoms with Crippen molar-refractivity contribution in [3.8, 4) is 11.1 Å². The van der Waals surface area contributed by atoms with Gasteiger partial charge in [0.05, 0.1) is 6.42 Å². The summed E-state index contributed by atoms with van der Waals surface area (Å²) in [5, 5.41) is 14.7. The van der Waals surface area contributed by atoms with Gasteiger partial charge < -0.3 is 20.5 Å². The van der Waals surface area contributed by atoms with Gasteiger partial charge in [0.25, 0.3) is 0 Å². The van der Waals surface area contributed by atoms with Gasteiger partial charge in [-0.1, -0.05) is 76.2 Å². The van der Waals surface area contributed by atoms with Crippen LogP contribution in [0.4, 0.5) is 4.79 Å². The van der Waals surface area contributed by atoms with E-state index in [9.17, 15) is 14.4 Å². The molecule has 0 aliphatic heterocycles. The molecule has 1 aliphatic carbocycles. The molecule has 7 heteroatoms. The lowest BCUT2D eigenvalue weighted by atomic mass is 9.86. The van der Waals surface area contributed by atoms with E-state index in [1.165, 1.54) is 11.1 Å². The number of benzene rings is 2. The number of nitrogens with one attached hydrogen (secondary N) is 2. The standard InChI is InChI=1S/C28H36N2O5/c1-18(26(33)30-19(15-25(31)32)16-28(2,3)4)13-14-29-27(34)35-17-24-22-11-7-5-9-20(22)21-10-6-8-12-23(21)24/h5-12,18-19,24H,13-17H2,1-4H3,(H,29,34)(H,30,33)(H,31,32). The summed E-state index contributed by atoms with van der Waals surface area (Å²) in [6, 6.07) is 15.9. The zero-order chi connectivity index (χ0) is 25.6. The van der Waals surface area contributed by atoms with Gasteiger partial charge in [0.1, 0.15) is 6.61 Å². The van der Waals surface area contributed by atoms with Crippen molar-refractivity contribution in [2.24, 2.45) is 11.3 Å². The summed E-state index contributed by atoms with van der Waals surface area (Å²) in [4.78, 5) is 36.1. The molecule has 2 amide bonds. The second-order valence-corrected chi connectivity index (χ2v) is 10.5. The van der Waals surface area contributed by atoms with E-state index in [0.717, 1.165) is 11.1 Å². The van der Waals surface area contributed by atoms with E-state index in [-0.39, 0.29) is 42.7 Å². The second kappa shape index (κ2) is 11.4. The number of amides is 2. The minimum atomic E-state index is -0.941. The number of ether oxygens (including phenoxy) is 1. The Hall–Kier alpha value is -3.35. The Labute approximate surface area is 207 Å². The van der Waals surface area contributed by atoms with Crippen LogP contribution in [0.2, 0.25) is 0 Å². The molecule has 2 aromatic rings. The first-order valence-corrected chi connectivity index (χ1v) is 12.2. The van der Waals surface area contributed by atoms with E-state index in [4.69, 9.17) is 9.84 Å². The average molecular weight is 481 g/mol. The van der Waals surface area contributed by atoms with Crippen LogP contribution in [-0.4, -0.2) is 42.3 Å². The third kappa shape index (κ3) is 7.31. The van der Waals surface area contributed by atoms with Crippen LogP contribution < -0.4 is 10.6 Å². The summed E-state index contributed by atoms with van der Waals surface area (Å²) in [7, 11) is 0. The van der Waals surface area contributed by atoms with Gasteiger partial charge in [-0.3, -0.25) is 9.59 Å². The number of fused-ring (bicyclic) bond motifs is 3. The normalized spacial score (nSPS) is 14.4. The van der Waals surface area contributed by atoms with Crippen molar-refractivity contribution in [2.45, 2.75) is 58.9 Å². The predicted octanol–water partition coefficient (Wildman–Crippen LogP) is 4.95. The molecular formula is C28H36N2O5. The molecule has 3 rings (SSSR count). The Bertz CT molecular complexity index is 1010. The van der Waals surface area contributed by atoms with Crippen molar-refractivity contribution in [1.82, 2.24) is 10.6 Å². The van der Waals surface area contributed by atoms with Crippen LogP contribution in [0.25, 0.3) is 11.1 Å². The highest BCUT2D eigenvalue weighted by Crippen LogP contribution is 2.44. The molecule has 0 radical (unpaired) electrons. The molecule has 0 bridgehead atoms. The SMILES string of the molecule is CC(CCNC(=O)OCC1c2ccccc2-c2ccccc21)C(=O)NC(CC(=O)O)CC(C)(C)C. The minimum absolute atomic E-state index is 0.00756. The maximum absolute atomic E-state index is 12.6. The minimum Gasteiger partial charge on any atom is -0.481 e. The van der Waals surface area contributed by atoms with Crippen LogP contribution in [0, 0.1) is 11.3 Å². The molecule has 7 nitrogen and oxygen atoms in total. The Kier molecular flexibility index (Phi) is 8.54. The highest BCUT2D eigenvalue weighted by atomic mass is 16.5. The van der Waals surface area contributed by atoms with Gasteiger partial charge >= 0.3 is 12.1 Å². The van der Waals surface area contributed by atoms with Gasteiger partial charge in [-0.15, -0.1) is 0 Å². The van der Waals surface area contributed by atoms with Crippen molar-refractivity contribution in [2.75, 3.05) is 13.2 Å². The largest absolute Gasteiger partial charge is 0.481 e. The number of aliphatic carboxylic acids is 1. The number of hydrogen-bond acceptors (Lipinski definition) is 4. The molecule has 35 heavy (non-hydrogen) atoms. The van der Waals surface area contributed by atoms with Crippen molar-refractivity contribution in [3.63, 3.8) is 0 Å². The third-order valence-electron chi connectivity index (χ3n) is 6.26. The van der Waals surface area contributed by atoms with Gasteiger partial charge in [0.2, 0.25) is 5.91 Å². The van der Waals surface area contributed by atoms with Crippen LogP contribution in [0.3, 0.4) is 0 Å². The molecule has 188 valence electrons. The number of carboxylic acids is 1. The van der Waals surface area contributed by atoms with Crippen LogP contribution >= 0.6 is 0 Å². The number of alkyl carbamates (subject to hydrolysis) is 1. The third-order valence-corrected chi connectivity index (χ3v) is 6.26. The van der Waals surface area contributed by atoms with E-state index in [2.05, 4.69) is 34.9 Å². The van der Waals surface area contributed by atoms with E-state index >= 15 is 0 Å². The first-order chi connectivity index (χ1) is 16.5. The summed E-state index contributed by atoms with van der Waals surface area (Å²) >= 11 is 0. The second-order valence-electron chi connectivity index (χ2n) is 10.5. The van der Waals surface area contributed by atoms with E-state index in [0.29, 0.717) is 12.8 Å². The Morgan fingerprint density at radius 2 is 1.57 bits per heavy atom. The van der Waals surface area contributed by atoms with Crippen molar-refractivity contribution in [1.29, 1.82) is 0 Å². The van der Waals surface area contributed by atoms with Gasteiger partial charge in [0, 0.05) is 24.4 Å². The highest BCUT2D eigenvalue weighted by molar-refractivity contribution is 5.80. The average Bonchev–Trinajstić information content (AvgIpc) is 3.09. The Morgan fingerprint density at radius 3 is 2.11 bits per heavy atom. The topological polar surface area (TPSA) is 105 Å². The van der Waals surface area contributed by atoms with E-state index < -0.39 is 18.1 Å². The van der Waals surface area contributed by atoms with Crippen LogP contribution in [0.5, 0.6) is 0 Å². The number of carbonyl (C=O) groups is 3. The van der Waals surface area contributed by atoms with Crippen LogP contribution in [0.1, 0.15) is 64.0 Å². The van der Waals surface area contributed by atoms with Gasteiger partial charge in [0.15, 0.2) is 0 Å². The van der Waals surface area contributed by atoms with E-state index in [1.807, 2.05) is 45.0 Å². The molecule has 3 N–H and O–H groups in total. The maximum Gasteiger partial charge on any atom is 0.407 e. The van der Waals surface area contributed by atoms with Crippen LogP contribution in [-0.2, 0) is 14.3 Å². The molecule has 0 saturated carbocycles. The fourth-order valence-electron chi connectivity index (χ4n) is 4.64. The Balaban J connectivity index is 1.46. The van der Waals surface area contributed by atoms with Gasteiger partial charge in [-0.2, -0.15) is 0 Å². The number of hydrogen-bond donors (Lipinski definition) is 3. The molecule has 0 saturated heterocycles. The molecule has 0 aromatic heterocycles. The summed E-state index contributed by atoms with van der Waals surface area (Å²) in [6.45, 7) is 8.32. The zero-order valence-electron chi connectivity index (χ0n) is 21.0. The summed E-state index contributed by atoms with van der Waals surface area (Å²) in [6.07, 6.45) is 0.352. The number of carbonyl (C=O) groups excluding carboxylic acids is 2. The molecule has 1 aliphatic rings. The van der Waals surface area contributed by atoms with Crippen molar-refractivity contribution in [3.05, 3.63) is 59.7 Å².